The van der Waals surface area contributed by atoms with Crippen molar-refractivity contribution in [2.75, 3.05) is 0 Å². The Hall–Kier alpha value is -0.890. The molecule has 2 nitrogen and oxygen atoms in total. The highest BCUT2D eigenvalue weighted by Crippen LogP contribution is 2.49. The van der Waals surface area contributed by atoms with Crippen molar-refractivity contribution in [1.82, 2.24) is 0 Å². The number of Topliss-reactive ketones (excluding diaryl/α,β-unsaturated/α-hetero) is 1. The lowest BCUT2D eigenvalue weighted by molar-refractivity contribution is -0.134. The molecule has 1 aliphatic carbocycles. The Morgan fingerprint density at radius 1 is 1.35 bits per heavy atom. The largest absolute Gasteiger partial charge is 0.382 e. The minimum Gasteiger partial charge on any atom is -0.382 e. The summed E-state index contributed by atoms with van der Waals surface area (Å²) in [5, 5.41) is 9.95. The van der Waals surface area contributed by atoms with Gasteiger partial charge in [-0.15, -0.1) is 0 Å². The molecule has 2 heteroatoms. The third-order valence-corrected chi connectivity index (χ3v) is 3.88. The molecule has 96 valence electrons. The van der Waals surface area contributed by atoms with Crippen molar-refractivity contribution in [3.63, 3.8) is 0 Å². The molecule has 0 heterocycles. The number of allylic oxidation sites excluding steroid dienone is 3. The molecule has 1 rings (SSSR count). The van der Waals surface area contributed by atoms with Crippen LogP contribution in [0.15, 0.2) is 23.8 Å². The number of carbonyl (C=O) groups excluding carboxylic acids is 1. The highest BCUT2D eigenvalue weighted by Gasteiger charge is 2.39. The zero-order valence-corrected chi connectivity index (χ0v) is 11.6. The fourth-order valence-corrected chi connectivity index (χ4v) is 2.06. The summed E-state index contributed by atoms with van der Waals surface area (Å²) >= 11 is 0. The highest BCUT2D eigenvalue weighted by atomic mass is 16.3. The van der Waals surface area contributed by atoms with Crippen LogP contribution in [0.1, 0.15) is 47.5 Å². The second-order valence-corrected chi connectivity index (χ2v) is 6.16. The van der Waals surface area contributed by atoms with E-state index in [0.717, 1.165) is 6.42 Å². The number of aliphatic hydroxyl groups is 1. The molecule has 0 saturated heterocycles. The molecule has 0 aliphatic heterocycles. The summed E-state index contributed by atoms with van der Waals surface area (Å²) in [6, 6.07) is 0. The van der Waals surface area contributed by atoms with Crippen LogP contribution < -0.4 is 0 Å². The molecule has 0 amide bonds. The summed E-state index contributed by atoms with van der Waals surface area (Å²) in [6.45, 7) is 13.4. The van der Waals surface area contributed by atoms with E-state index in [1.54, 1.807) is 6.92 Å². The first-order valence-corrected chi connectivity index (χ1v) is 6.19. The number of rotatable bonds is 6. The van der Waals surface area contributed by atoms with Crippen molar-refractivity contribution >= 4 is 5.78 Å². The lowest BCUT2D eigenvalue weighted by atomic mass is 9.79. The van der Waals surface area contributed by atoms with Crippen molar-refractivity contribution in [2.45, 2.75) is 53.1 Å². The molecule has 17 heavy (non-hydrogen) atoms. The van der Waals surface area contributed by atoms with E-state index in [0.29, 0.717) is 12.3 Å². The van der Waals surface area contributed by atoms with Crippen molar-refractivity contribution in [1.29, 1.82) is 0 Å². The van der Waals surface area contributed by atoms with E-state index in [1.807, 2.05) is 6.92 Å². The van der Waals surface area contributed by atoms with E-state index in [2.05, 4.69) is 26.5 Å². The quantitative estimate of drug-likeness (QED) is 0.719. The molecule has 0 bridgehead atoms. The van der Waals surface area contributed by atoms with Gasteiger partial charge >= 0.3 is 0 Å². The van der Waals surface area contributed by atoms with Gasteiger partial charge in [0, 0.05) is 5.92 Å². The molecule has 1 aliphatic rings. The zero-order chi connectivity index (χ0) is 13.4. The zero-order valence-electron chi connectivity index (χ0n) is 11.6. The maximum absolute atomic E-state index is 11.3. The van der Waals surface area contributed by atoms with Crippen LogP contribution in [0.4, 0.5) is 0 Å². The molecule has 2 atom stereocenters. The number of ketones is 1. The van der Waals surface area contributed by atoms with Gasteiger partial charge in [0.2, 0.25) is 0 Å². The van der Waals surface area contributed by atoms with Gasteiger partial charge in [-0.25, -0.2) is 0 Å². The van der Waals surface area contributed by atoms with Crippen LogP contribution >= 0.6 is 0 Å². The van der Waals surface area contributed by atoms with Crippen LogP contribution in [0, 0.1) is 11.3 Å². The average molecular weight is 236 g/mol. The predicted molar refractivity (Wildman–Crippen MR) is 70.7 cm³/mol. The van der Waals surface area contributed by atoms with E-state index >= 15 is 0 Å². The van der Waals surface area contributed by atoms with Crippen LogP contribution in [-0.2, 0) is 4.79 Å². The Kier molecular flexibility index (Phi) is 3.68. The molecule has 0 spiro atoms. The van der Waals surface area contributed by atoms with E-state index in [9.17, 15) is 9.90 Å². The van der Waals surface area contributed by atoms with Crippen LogP contribution in [0.2, 0.25) is 0 Å². The van der Waals surface area contributed by atoms with Crippen LogP contribution in [0.25, 0.3) is 0 Å². The molecule has 0 aromatic rings. The third-order valence-electron chi connectivity index (χ3n) is 3.88. The Balaban J connectivity index is 2.55. The molecule has 0 saturated carbocycles. The van der Waals surface area contributed by atoms with Crippen molar-refractivity contribution < 1.29 is 9.90 Å². The summed E-state index contributed by atoms with van der Waals surface area (Å²) < 4.78 is 0. The highest BCUT2D eigenvalue weighted by molar-refractivity contribution is 5.84. The Morgan fingerprint density at radius 2 is 1.88 bits per heavy atom. The second-order valence-electron chi connectivity index (χ2n) is 6.16. The van der Waals surface area contributed by atoms with E-state index in [4.69, 9.17) is 0 Å². The van der Waals surface area contributed by atoms with Gasteiger partial charge in [-0.05, 0) is 39.0 Å². The first kappa shape index (κ1) is 14.2. The second kappa shape index (κ2) is 4.41. The molecular weight excluding hydrogens is 212 g/mol. The predicted octanol–water partition coefficient (Wildman–Crippen LogP) is 3.27. The fraction of sp³-hybridized carbons (Fsp3) is 0.667. The van der Waals surface area contributed by atoms with Gasteiger partial charge in [0.25, 0.3) is 0 Å². The normalized spacial score (nSPS) is 22.7. The minimum atomic E-state index is -1.19. The molecule has 2 unspecified atom stereocenters. The lowest BCUT2D eigenvalue weighted by Crippen LogP contribution is -2.34. The van der Waals surface area contributed by atoms with E-state index in [-0.39, 0.29) is 11.2 Å². The van der Waals surface area contributed by atoms with Gasteiger partial charge in [-0.3, -0.25) is 4.79 Å². The summed E-state index contributed by atoms with van der Waals surface area (Å²) in [4.78, 5) is 11.3. The minimum absolute atomic E-state index is 0.0447. The topological polar surface area (TPSA) is 37.3 Å². The summed E-state index contributed by atoms with van der Waals surface area (Å²) in [5.74, 6) is 0.279. The van der Waals surface area contributed by atoms with Crippen molar-refractivity contribution in [3.05, 3.63) is 23.8 Å². The van der Waals surface area contributed by atoms with Crippen molar-refractivity contribution in [2.24, 2.45) is 11.3 Å². The maximum atomic E-state index is 11.3. The third kappa shape index (κ3) is 3.29. The first-order chi connectivity index (χ1) is 7.58. The number of carbonyl (C=O) groups is 1. The number of hydrogen-bond donors (Lipinski definition) is 1. The molecular formula is C15H24O2. The summed E-state index contributed by atoms with van der Waals surface area (Å²) in [7, 11) is 0. The molecule has 0 aromatic carbocycles. The molecule has 0 aromatic heterocycles. The Bertz CT molecular complexity index is 372. The molecule has 1 N–H and O–H groups in total. The van der Waals surface area contributed by atoms with Gasteiger partial charge in [0.05, 0.1) is 0 Å². The first-order valence-electron chi connectivity index (χ1n) is 6.19. The smallest absolute Gasteiger partial charge is 0.160 e. The van der Waals surface area contributed by atoms with Gasteiger partial charge in [-0.2, -0.15) is 0 Å². The van der Waals surface area contributed by atoms with Gasteiger partial charge in [-0.1, -0.05) is 37.6 Å². The SMILES string of the molecule is C=C(C)C1C=C1C(C)(C)CCC(C)(O)C(C)=O. The van der Waals surface area contributed by atoms with Gasteiger partial charge in [0.15, 0.2) is 5.78 Å². The molecule has 0 radical (unpaired) electrons. The Labute approximate surface area is 104 Å². The monoisotopic (exact) mass is 236 g/mol. The molecule has 0 fully saturated rings. The van der Waals surface area contributed by atoms with E-state index in [1.165, 1.54) is 18.1 Å². The van der Waals surface area contributed by atoms with Gasteiger partial charge < -0.3 is 5.11 Å². The number of hydrogen-bond acceptors (Lipinski definition) is 2. The van der Waals surface area contributed by atoms with Crippen LogP contribution in [-0.4, -0.2) is 16.5 Å². The fourth-order valence-electron chi connectivity index (χ4n) is 2.06. The van der Waals surface area contributed by atoms with E-state index < -0.39 is 5.60 Å². The standard InChI is InChI=1S/C15H24O2/c1-10(2)12-9-13(12)14(4,5)7-8-15(6,17)11(3)16/h9,12,17H,1,7-8H2,2-6H3. The van der Waals surface area contributed by atoms with Crippen LogP contribution in [0.5, 0.6) is 0 Å². The van der Waals surface area contributed by atoms with Crippen LogP contribution in [0.3, 0.4) is 0 Å². The summed E-state index contributed by atoms with van der Waals surface area (Å²) in [5.41, 5.74) is 1.42. The summed E-state index contributed by atoms with van der Waals surface area (Å²) in [6.07, 6.45) is 3.55. The Morgan fingerprint density at radius 3 is 2.24 bits per heavy atom. The van der Waals surface area contributed by atoms with Gasteiger partial charge in [0.1, 0.15) is 5.60 Å². The lowest BCUT2D eigenvalue weighted by Gasteiger charge is -2.28. The average Bonchev–Trinajstić information content (AvgIpc) is 2.94. The maximum Gasteiger partial charge on any atom is 0.160 e. The van der Waals surface area contributed by atoms with Crippen molar-refractivity contribution in [3.8, 4) is 0 Å².